The molecule has 24 heavy (non-hydrogen) atoms. The Hall–Kier alpha value is -2.17. The van der Waals surface area contributed by atoms with Crippen molar-refractivity contribution in [2.24, 2.45) is 0 Å². The predicted molar refractivity (Wildman–Crippen MR) is 93.5 cm³/mol. The number of carbonyl (C=O) groups is 1. The largest absolute Gasteiger partial charge is 0.466 e. The van der Waals surface area contributed by atoms with Crippen molar-refractivity contribution in [2.75, 3.05) is 14.2 Å². The van der Waals surface area contributed by atoms with E-state index in [0.29, 0.717) is 12.0 Å². The Morgan fingerprint density at radius 2 is 1.96 bits per heavy atom. The number of rotatable bonds is 2. The lowest BCUT2D eigenvalue weighted by Gasteiger charge is -2.34. The first-order valence-corrected chi connectivity index (χ1v) is 8.30. The fourth-order valence-electron chi connectivity index (χ4n) is 4.22. The van der Waals surface area contributed by atoms with Gasteiger partial charge >= 0.3 is 5.97 Å². The fourth-order valence-corrected chi connectivity index (χ4v) is 4.22. The molecule has 3 atom stereocenters. The molecule has 124 valence electrons. The number of carbonyl (C=O) groups excluding carboxylic acids is 1. The van der Waals surface area contributed by atoms with Crippen LogP contribution in [0.5, 0.6) is 0 Å². The summed E-state index contributed by atoms with van der Waals surface area (Å²) < 4.78 is 5.04. The monoisotopic (exact) mass is 323 g/mol. The standard InChI is InChI=1S/C20H21NO3/c1-21-15-10-16(18(20(23)24-2)19(21)17(22)11-15)14-8-7-12-5-3-4-6-13(12)9-14/h3-9,15,17,19,22H,10-11H2,1-2H3/t15-,17+,19+/m0/s1. The summed E-state index contributed by atoms with van der Waals surface area (Å²) >= 11 is 0. The number of ether oxygens (including phenoxy) is 1. The first-order chi connectivity index (χ1) is 11.6. The molecular formula is C20H21NO3. The molecule has 4 rings (SSSR count). The van der Waals surface area contributed by atoms with Gasteiger partial charge in [-0.2, -0.15) is 0 Å². The van der Waals surface area contributed by atoms with Crippen LogP contribution >= 0.6 is 0 Å². The van der Waals surface area contributed by atoms with Crippen molar-refractivity contribution >= 4 is 22.3 Å². The van der Waals surface area contributed by atoms with Crippen LogP contribution in [0.25, 0.3) is 16.3 Å². The molecule has 2 aromatic carbocycles. The summed E-state index contributed by atoms with van der Waals surface area (Å²) in [5, 5.41) is 12.8. The third kappa shape index (κ3) is 2.26. The van der Waals surface area contributed by atoms with E-state index in [9.17, 15) is 9.90 Å². The smallest absolute Gasteiger partial charge is 0.335 e. The lowest BCUT2D eigenvalue weighted by Crippen LogP contribution is -2.43. The lowest BCUT2D eigenvalue weighted by molar-refractivity contribution is -0.137. The molecule has 1 fully saturated rings. The maximum atomic E-state index is 12.5. The van der Waals surface area contributed by atoms with E-state index in [1.807, 2.05) is 19.2 Å². The Bertz CT molecular complexity index is 842. The minimum absolute atomic E-state index is 0.264. The van der Waals surface area contributed by atoms with Gasteiger partial charge in [-0.1, -0.05) is 36.4 Å². The van der Waals surface area contributed by atoms with E-state index in [1.54, 1.807) is 0 Å². The van der Waals surface area contributed by atoms with Gasteiger partial charge in [0.05, 0.1) is 24.8 Å². The van der Waals surface area contributed by atoms with Crippen LogP contribution in [0, 0.1) is 0 Å². The number of esters is 1. The third-order valence-electron chi connectivity index (χ3n) is 5.46. The van der Waals surface area contributed by atoms with Crippen LogP contribution in [-0.4, -0.2) is 48.3 Å². The maximum absolute atomic E-state index is 12.5. The number of methoxy groups -OCH3 is 1. The minimum Gasteiger partial charge on any atom is -0.466 e. The average molecular weight is 323 g/mol. The zero-order valence-electron chi connectivity index (χ0n) is 13.9. The molecule has 0 amide bonds. The van der Waals surface area contributed by atoms with Crippen LogP contribution in [0.3, 0.4) is 0 Å². The van der Waals surface area contributed by atoms with E-state index in [4.69, 9.17) is 4.74 Å². The summed E-state index contributed by atoms with van der Waals surface area (Å²) in [6.45, 7) is 0. The summed E-state index contributed by atoms with van der Waals surface area (Å²) in [5.41, 5.74) is 2.67. The van der Waals surface area contributed by atoms with E-state index in [2.05, 4.69) is 35.2 Å². The summed E-state index contributed by atoms with van der Waals surface area (Å²) in [4.78, 5) is 14.6. The number of nitrogens with zero attached hydrogens (tertiary/aromatic N) is 1. The molecule has 4 nitrogen and oxygen atoms in total. The number of hydrogen-bond donors (Lipinski definition) is 1. The number of benzene rings is 2. The van der Waals surface area contributed by atoms with Gasteiger partial charge in [-0.3, -0.25) is 4.90 Å². The topological polar surface area (TPSA) is 49.8 Å². The van der Waals surface area contributed by atoms with Gasteiger partial charge in [0.2, 0.25) is 0 Å². The summed E-state index contributed by atoms with van der Waals surface area (Å²) in [5.74, 6) is -0.339. The second kappa shape index (κ2) is 5.72. The van der Waals surface area contributed by atoms with Crippen molar-refractivity contribution in [1.82, 2.24) is 4.90 Å². The molecule has 0 spiro atoms. The molecule has 2 aliphatic heterocycles. The highest BCUT2D eigenvalue weighted by atomic mass is 16.5. The van der Waals surface area contributed by atoms with Crippen molar-refractivity contribution in [3.05, 3.63) is 53.6 Å². The highest BCUT2D eigenvalue weighted by molar-refractivity contribution is 6.01. The minimum atomic E-state index is -0.521. The van der Waals surface area contributed by atoms with Gasteiger partial charge in [0.15, 0.2) is 0 Å². The number of aliphatic hydroxyl groups excluding tert-OH is 1. The molecule has 2 aromatic rings. The van der Waals surface area contributed by atoms with Gasteiger partial charge < -0.3 is 9.84 Å². The van der Waals surface area contributed by atoms with Crippen LogP contribution in [0.15, 0.2) is 48.0 Å². The first kappa shape index (κ1) is 15.4. The predicted octanol–water partition coefficient (Wildman–Crippen LogP) is 2.60. The van der Waals surface area contributed by atoms with Gasteiger partial charge in [-0.25, -0.2) is 4.79 Å². The molecule has 1 saturated heterocycles. The van der Waals surface area contributed by atoms with Crippen molar-refractivity contribution in [3.63, 3.8) is 0 Å². The SMILES string of the molecule is COC(=O)C1=C(c2ccc3ccccc3c2)C[C@H]2C[C@@H](O)[C@H]1N2C. The van der Waals surface area contributed by atoms with Gasteiger partial charge in [-0.05, 0) is 47.9 Å². The van der Waals surface area contributed by atoms with Crippen LogP contribution in [-0.2, 0) is 9.53 Å². The molecular weight excluding hydrogens is 302 g/mol. The molecule has 2 heterocycles. The van der Waals surface area contributed by atoms with Crippen molar-refractivity contribution in [3.8, 4) is 0 Å². The third-order valence-corrected chi connectivity index (χ3v) is 5.46. The van der Waals surface area contributed by atoms with E-state index in [0.717, 1.165) is 22.9 Å². The molecule has 1 N–H and O–H groups in total. The van der Waals surface area contributed by atoms with Gasteiger partial charge in [-0.15, -0.1) is 0 Å². The summed E-state index contributed by atoms with van der Waals surface area (Å²) in [6, 6.07) is 14.5. The van der Waals surface area contributed by atoms with E-state index >= 15 is 0 Å². The van der Waals surface area contributed by atoms with Crippen LogP contribution < -0.4 is 0 Å². The van der Waals surface area contributed by atoms with Gasteiger partial charge in [0, 0.05) is 6.04 Å². The number of hydrogen-bond acceptors (Lipinski definition) is 4. The summed E-state index contributed by atoms with van der Waals surface area (Å²) in [6.07, 6.45) is 0.929. The van der Waals surface area contributed by atoms with Crippen LogP contribution in [0.2, 0.25) is 0 Å². The average Bonchev–Trinajstić information content (AvgIpc) is 2.79. The Balaban J connectivity index is 1.90. The van der Waals surface area contributed by atoms with Gasteiger partial charge in [0.1, 0.15) is 0 Å². The fraction of sp³-hybridized carbons (Fsp3) is 0.350. The molecule has 2 aliphatic rings. The van der Waals surface area contributed by atoms with Crippen molar-refractivity contribution < 1.29 is 14.6 Å². The molecule has 0 saturated carbocycles. The van der Waals surface area contributed by atoms with Crippen molar-refractivity contribution in [1.29, 1.82) is 0 Å². The van der Waals surface area contributed by atoms with E-state index < -0.39 is 6.10 Å². The quantitative estimate of drug-likeness (QED) is 0.863. The van der Waals surface area contributed by atoms with Crippen molar-refractivity contribution in [2.45, 2.75) is 31.0 Å². The summed E-state index contributed by atoms with van der Waals surface area (Å²) in [7, 11) is 3.38. The normalized spacial score (nSPS) is 26.9. The highest BCUT2D eigenvalue weighted by Crippen LogP contribution is 2.43. The highest BCUT2D eigenvalue weighted by Gasteiger charge is 2.47. The zero-order valence-corrected chi connectivity index (χ0v) is 13.9. The number of likely N-dealkylation sites (N-methyl/N-ethyl adjacent to an activating group) is 1. The van der Waals surface area contributed by atoms with Crippen LogP contribution in [0.1, 0.15) is 18.4 Å². The maximum Gasteiger partial charge on any atom is 0.335 e. The Morgan fingerprint density at radius 1 is 1.21 bits per heavy atom. The van der Waals surface area contributed by atoms with Crippen LogP contribution in [0.4, 0.5) is 0 Å². The first-order valence-electron chi connectivity index (χ1n) is 8.30. The molecule has 4 heteroatoms. The second-order valence-electron chi connectivity index (χ2n) is 6.72. The molecule has 2 bridgehead atoms. The molecule has 0 aliphatic carbocycles. The zero-order chi connectivity index (χ0) is 16.8. The van der Waals surface area contributed by atoms with E-state index in [-0.39, 0.29) is 18.1 Å². The lowest BCUT2D eigenvalue weighted by atomic mass is 9.87. The second-order valence-corrected chi connectivity index (χ2v) is 6.72. The Morgan fingerprint density at radius 3 is 2.71 bits per heavy atom. The number of aliphatic hydroxyl groups is 1. The molecule has 0 unspecified atom stereocenters. The van der Waals surface area contributed by atoms with E-state index in [1.165, 1.54) is 12.5 Å². The van der Waals surface area contributed by atoms with Gasteiger partial charge in [0.25, 0.3) is 0 Å². The number of fused-ring (bicyclic) bond motifs is 3. The Kier molecular flexibility index (Phi) is 3.66. The Labute approximate surface area is 141 Å². The molecule has 0 aromatic heterocycles. The molecule has 0 radical (unpaired) electrons.